The predicted molar refractivity (Wildman–Crippen MR) is 76.4 cm³/mol. The van der Waals surface area contributed by atoms with Crippen molar-refractivity contribution in [3.63, 3.8) is 0 Å². The largest absolute Gasteiger partial charge is 0.394 e. The molecule has 0 aliphatic heterocycles. The molecule has 3 N–H and O–H groups in total. The average Bonchev–Trinajstić information content (AvgIpc) is 2.76. The van der Waals surface area contributed by atoms with E-state index in [-0.39, 0.29) is 6.61 Å². The molecule has 0 amide bonds. The molecule has 0 aromatic carbocycles. The third kappa shape index (κ3) is 6.92. The zero-order chi connectivity index (χ0) is 13.9. The number of nitrogens with one attached hydrogen (secondary N) is 2. The van der Waals surface area contributed by atoms with E-state index in [1.165, 1.54) is 0 Å². The average molecular weight is 290 g/mol. The summed E-state index contributed by atoms with van der Waals surface area (Å²) in [5, 5.41) is 12.4. The number of aliphatic hydroxyl groups excluding tert-OH is 1. The Bertz CT molecular complexity index is 345. The van der Waals surface area contributed by atoms with E-state index in [0.717, 1.165) is 43.7 Å². The molecule has 110 valence electrons. The van der Waals surface area contributed by atoms with Crippen LogP contribution in [0.2, 0.25) is 5.15 Å². The summed E-state index contributed by atoms with van der Waals surface area (Å²) in [6.45, 7) is 4.85. The Labute approximate surface area is 119 Å². The number of halogens is 1. The van der Waals surface area contributed by atoms with E-state index in [4.69, 9.17) is 21.4 Å². The summed E-state index contributed by atoms with van der Waals surface area (Å²) in [6.07, 6.45) is 4.14. The molecule has 6 heteroatoms. The molecule has 0 aliphatic carbocycles. The van der Waals surface area contributed by atoms with Gasteiger partial charge in [0.15, 0.2) is 5.15 Å². The van der Waals surface area contributed by atoms with Gasteiger partial charge in [0.05, 0.1) is 18.9 Å². The molecule has 0 atom stereocenters. The number of hydrogen-bond acceptors (Lipinski definition) is 4. The molecule has 0 radical (unpaired) electrons. The summed E-state index contributed by atoms with van der Waals surface area (Å²) in [7, 11) is 0. The van der Waals surface area contributed by atoms with Gasteiger partial charge < -0.3 is 20.1 Å². The fraction of sp³-hybridized carbons (Fsp3) is 0.769. The summed E-state index contributed by atoms with van der Waals surface area (Å²) in [5.41, 5.74) is 0.948. The van der Waals surface area contributed by atoms with Crippen LogP contribution in [0.5, 0.6) is 0 Å². The Kier molecular flexibility index (Phi) is 8.82. The van der Waals surface area contributed by atoms with Gasteiger partial charge in [-0.2, -0.15) is 0 Å². The van der Waals surface area contributed by atoms with E-state index in [9.17, 15) is 0 Å². The molecule has 1 aromatic rings. The highest BCUT2D eigenvalue weighted by Crippen LogP contribution is 2.13. The summed E-state index contributed by atoms with van der Waals surface area (Å²) in [6, 6.07) is 0. The molecule has 0 saturated heterocycles. The van der Waals surface area contributed by atoms with Crippen molar-refractivity contribution in [1.82, 2.24) is 15.3 Å². The number of H-pyrrole nitrogens is 1. The lowest BCUT2D eigenvalue weighted by Gasteiger charge is -2.04. The normalized spacial score (nSPS) is 11.1. The van der Waals surface area contributed by atoms with Crippen molar-refractivity contribution in [2.45, 2.75) is 39.2 Å². The first kappa shape index (κ1) is 16.4. The van der Waals surface area contributed by atoms with Gasteiger partial charge in [0, 0.05) is 19.6 Å². The zero-order valence-corrected chi connectivity index (χ0v) is 12.3. The van der Waals surface area contributed by atoms with Crippen molar-refractivity contribution in [2.24, 2.45) is 0 Å². The maximum Gasteiger partial charge on any atom is 0.151 e. The summed E-state index contributed by atoms with van der Waals surface area (Å²) < 4.78 is 5.17. The Morgan fingerprint density at radius 2 is 2.21 bits per heavy atom. The summed E-state index contributed by atoms with van der Waals surface area (Å²) >= 11 is 6.07. The molecule has 0 aliphatic rings. The highest BCUT2D eigenvalue weighted by molar-refractivity contribution is 6.30. The third-order valence-electron chi connectivity index (χ3n) is 2.72. The number of aromatic nitrogens is 2. The van der Waals surface area contributed by atoms with Crippen molar-refractivity contribution in [2.75, 3.05) is 26.4 Å². The lowest BCUT2D eigenvalue weighted by Crippen LogP contribution is -2.17. The molecular formula is C13H24ClN3O2. The topological polar surface area (TPSA) is 70.2 Å². The van der Waals surface area contributed by atoms with E-state index in [0.29, 0.717) is 24.9 Å². The molecule has 1 aromatic heterocycles. The Balaban J connectivity index is 2.16. The van der Waals surface area contributed by atoms with Crippen LogP contribution in [-0.4, -0.2) is 41.4 Å². The smallest absolute Gasteiger partial charge is 0.151 e. The van der Waals surface area contributed by atoms with Gasteiger partial charge in [0.1, 0.15) is 5.82 Å². The maximum absolute atomic E-state index is 8.55. The van der Waals surface area contributed by atoms with Gasteiger partial charge in [0.2, 0.25) is 0 Å². The van der Waals surface area contributed by atoms with Crippen molar-refractivity contribution < 1.29 is 9.84 Å². The van der Waals surface area contributed by atoms with Gasteiger partial charge >= 0.3 is 0 Å². The van der Waals surface area contributed by atoms with Gasteiger partial charge in [-0.3, -0.25) is 0 Å². The number of unbranched alkanes of at least 4 members (excludes halogenated alkanes) is 1. The van der Waals surface area contributed by atoms with E-state index >= 15 is 0 Å². The lowest BCUT2D eigenvalue weighted by atomic mass is 10.2. The fourth-order valence-electron chi connectivity index (χ4n) is 1.70. The van der Waals surface area contributed by atoms with Crippen LogP contribution in [0.15, 0.2) is 0 Å². The van der Waals surface area contributed by atoms with E-state index in [1.54, 1.807) is 0 Å². The Morgan fingerprint density at radius 3 is 2.95 bits per heavy atom. The minimum atomic E-state index is 0.0811. The zero-order valence-electron chi connectivity index (χ0n) is 11.5. The molecule has 0 fully saturated rings. The van der Waals surface area contributed by atoms with E-state index in [2.05, 4.69) is 22.2 Å². The van der Waals surface area contributed by atoms with Crippen molar-refractivity contribution in [1.29, 1.82) is 0 Å². The van der Waals surface area contributed by atoms with Crippen LogP contribution in [0.1, 0.15) is 37.7 Å². The minimum Gasteiger partial charge on any atom is -0.394 e. The molecular weight excluding hydrogens is 266 g/mol. The second-order valence-electron chi connectivity index (χ2n) is 4.42. The summed E-state index contributed by atoms with van der Waals surface area (Å²) in [4.78, 5) is 7.56. The third-order valence-corrected chi connectivity index (χ3v) is 3.04. The quantitative estimate of drug-likeness (QED) is 0.544. The molecule has 0 unspecified atom stereocenters. The van der Waals surface area contributed by atoms with Crippen LogP contribution >= 0.6 is 11.6 Å². The molecule has 0 bridgehead atoms. The monoisotopic (exact) mass is 289 g/mol. The number of nitrogens with zero attached hydrogens (tertiary/aromatic N) is 1. The molecule has 5 nitrogen and oxygen atoms in total. The first-order valence-electron chi connectivity index (χ1n) is 6.90. The van der Waals surface area contributed by atoms with E-state index in [1.807, 2.05) is 0 Å². The summed E-state index contributed by atoms with van der Waals surface area (Å²) in [5.74, 6) is 0.968. The highest BCUT2D eigenvalue weighted by Gasteiger charge is 2.07. The standard InChI is InChI=1S/C13H24ClN3O2/c1-2-3-5-12-16-11(13(14)17-12)10-15-6-4-8-19-9-7-18/h15,18H,2-10H2,1H3,(H,16,17). The Morgan fingerprint density at radius 1 is 1.37 bits per heavy atom. The van der Waals surface area contributed by atoms with E-state index < -0.39 is 0 Å². The number of rotatable bonds is 11. The molecule has 1 heterocycles. The highest BCUT2D eigenvalue weighted by atomic mass is 35.5. The van der Waals surface area contributed by atoms with Crippen LogP contribution in [0.4, 0.5) is 0 Å². The lowest BCUT2D eigenvalue weighted by molar-refractivity contribution is 0.0907. The minimum absolute atomic E-state index is 0.0811. The number of aliphatic hydroxyl groups is 1. The first-order valence-corrected chi connectivity index (χ1v) is 7.28. The molecule has 1 rings (SSSR count). The maximum atomic E-state index is 8.55. The molecule has 0 spiro atoms. The van der Waals surface area contributed by atoms with Crippen molar-refractivity contribution >= 4 is 11.6 Å². The number of aryl methyl sites for hydroxylation is 1. The van der Waals surface area contributed by atoms with Crippen LogP contribution in [0.25, 0.3) is 0 Å². The van der Waals surface area contributed by atoms with Crippen LogP contribution < -0.4 is 5.32 Å². The van der Waals surface area contributed by atoms with Gasteiger partial charge in [-0.05, 0) is 19.4 Å². The molecule has 0 saturated carbocycles. The van der Waals surface area contributed by atoms with Gasteiger partial charge in [0.25, 0.3) is 0 Å². The predicted octanol–water partition coefficient (Wildman–Crippen LogP) is 1.89. The number of hydrogen-bond donors (Lipinski definition) is 3. The van der Waals surface area contributed by atoms with Gasteiger partial charge in [-0.25, -0.2) is 4.98 Å². The molecule has 19 heavy (non-hydrogen) atoms. The van der Waals surface area contributed by atoms with Crippen LogP contribution in [0.3, 0.4) is 0 Å². The second kappa shape index (κ2) is 10.2. The number of ether oxygens (including phenoxy) is 1. The van der Waals surface area contributed by atoms with Crippen molar-refractivity contribution in [3.05, 3.63) is 16.7 Å². The second-order valence-corrected chi connectivity index (χ2v) is 4.78. The van der Waals surface area contributed by atoms with Crippen molar-refractivity contribution in [3.8, 4) is 0 Å². The first-order chi connectivity index (χ1) is 9.27. The fourth-order valence-corrected chi connectivity index (χ4v) is 1.91. The number of imidazole rings is 1. The number of aromatic amines is 1. The Hall–Kier alpha value is -0.620. The SMILES string of the molecule is CCCCc1nc(Cl)c(CNCCCOCCO)[nH]1. The van der Waals surface area contributed by atoms with Gasteiger partial charge in [-0.1, -0.05) is 24.9 Å². The van der Waals surface area contributed by atoms with Gasteiger partial charge in [-0.15, -0.1) is 0 Å². The van der Waals surface area contributed by atoms with Crippen LogP contribution in [0, 0.1) is 0 Å². The van der Waals surface area contributed by atoms with Crippen LogP contribution in [-0.2, 0) is 17.7 Å².